The largest absolute Gasteiger partial charge is 0.496 e. The third-order valence-electron chi connectivity index (χ3n) is 6.35. The van der Waals surface area contributed by atoms with E-state index in [1.54, 1.807) is 41.8 Å². The minimum atomic E-state index is -0.563. The van der Waals surface area contributed by atoms with E-state index in [9.17, 15) is 14.0 Å². The van der Waals surface area contributed by atoms with Crippen LogP contribution in [0.4, 0.5) is 20.6 Å². The fourth-order valence-corrected chi connectivity index (χ4v) is 5.43. The number of rotatable bonds is 9. The van der Waals surface area contributed by atoms with Crippen LogP contribution in [0.2, 0.25) is 5.02 Å². The molecular formula is C27H30ClFN4O4S. The zero-order chi connectivity index (χ0) is 27.1. The van der Waals surface area contributed by atoms with Gasteiger partial charge in [-0.3, -0.25) is 10.1 Å². The Kier molecular flexibility index (Phi) is 9.57. The molecule has 1 aliphatic heterocycles. The number of thiophene rings is 1. The summed E-state index contributed by atoms with van der Waals surface area (Å²) in [6.07, 6.45) is 0.806. The van der Waals surface area contributed by atoms with E-state index >= 15 is 0 Å². The van der Waals surface area contributed by atoms with Crippen molar-refractivity contribution in [2.45, 2.75) is 31.9 Å². The van der Waals surface area contributed by atoms with Gasteiger partial charge in [0.2, 0.25) is 5.91 Å². The average Bonchev–Trinajstić information content (AvgIpc) is 3.37. The Morgan fingerprint density at radius 1 is 1.16 bits per heavy atom. The van der Waals surface area contributed by atoms with Crippen LogP contribution in [0, 0.1) is 5.82 Å². The van der Waals surface area contributed by atoms with E-state index in [2.05, 4.69) is 15.5 Å². The predicted octanol–water partition coefficient (Wildman–Crippen LogP) is 5.72. The van der Waals surface area contributed by atoms with Gasteiger partial charge in [0.25, 0.3) is 0 Å². The van der Waals surface area contributed by atoms with E-state index in [0.29, 0.717) is 71.5 Å². The molecule has 2 aromatic carbocycles. The van der Waals surface area contributed by atoms with E-state index in [1.165, 1.54) is 24.5 Å². The Bertz CT molecular complexity index is 1280. The molecule has 3 aromatic rings. The van der Waals surface area contributed by atoms with Crippen molar-refractivity contribution in [3.8, 4) is 16.2 Å². The van der Waals surface area contributed by atoms with Crippen molar-refractivity contribution in [2.75, 3.05) is 37.4 Å². The fraction of sp³-hybridized carbons (Fsp3) is 0.333. The molecular weight excluding hydrogens is 531 g/mol. The Hall–Kier alpha value is -3.18. The first kappa shape index (κ1) is 27.8. The van der Waals surface area contributed by atoms with Gasteiger partial charge in [0.1, 0.15) is 17.7 Å². The molecule has 1 aromatic heterocycles. The first-order chi connectivity index (χ1) is 18.4. The number of benzene rings is 2. The monoisotopic (exact) mass is 560 g/mol. The summed E-state index contributed by atoms with van der Waals surface area (Å²) in [4.78, 5) is 27.8. The number of nitrogens with zero attached hydrogens (tertiary/aromatic N) is 1. The van der Waals surface area contributed by atoms with Gasteiger partial charge in [-0.25, -0.2) is 9.18 Å². The number of carbonyl (C=O) groups is 2. The van der Waals surface area contributed by atoms with Gasteiger partial charge in [-0.15, -0.1) is 11.3 Å². The smallest absolute Gasteiger partial charge is 0.411 e. The average molecular weight is 561 g/mol. The minimum absolute atomic E-state index is 0.159. The first-order valence-electron chi connectivity index (χ1n) is 12.3. The molecule has 0 spiro atoms. The summed E-state index contributed by atoms with van der Waals surface area (Å²) < 4.78 is 25.1. The van der Waals surface area contributed by atoms with E-state index in [0.717, 1.165) is 5.56 Å². The molecule has 11 heteroatoms. The summed E-state index contributed by atoms with van der Waals surface area (Å²) in [6.45, 7) is 2.25. The normalized spacial score (nSPS) is 14.2. The standard InChI is InChI=1S/C27H30ClFN4O4S/c1-36-24-15-23(20(28)14-17(24)16-30)31-25(34)8-12-33-10-6-18(7-11-33)37-27(35)32-22-9-13-38-26(22)19-4-2-3-5-21(19)29/h2-5,9,13-15,18H,6-8,10-12,16,30H2,1H3,(H,31,34)(H,32,35). The van der Waals surface area contributed by atoms with Crippen LogP contribution in [0.3, 0.4) is 0 Å². The van der Waals surface area contributed by atoms with Crippen LogP contribution >= 0.6 is 22.9 Å². The molecule has 2 amide bonds. The number of hydrogen-bond acceptors (Lipinski definition) is 7. The topological polar surface area (TPSA) is 106 Å². The number of carbonyl (C=O) groups excluding carboxylic acids is 2. The summed E-state index contributed by atoms with van der Waals surface area (Å²) in [5.41, 5.74) is 7.89. The molecule has 38 heavy (non-hydrogen) atoms. The minimum Gasteiger partial charge on any atom is -0.496 e. The van der Waals surface area contributed by atoms with E-state index in [-0.39, 0.29) is 24.4 Å². The summed E-state index contributed by atoms with van der Waals surface area (Å²) in [6, 6.07) is 11.5. The highest BCUT2D eigenvalue weighted by Gasteiger charge is 2.24. The molecule has 0 radical (unpaired) electrons. The summed E-state index contributed by atoms with van der Waals surface area (Å²) in [7, 11) is 1.54. The number of hydrogen-bond donors (Lipinski definition) is 3. The summed E-state index contributed by atoms with van der Waals surface area (Å²) in [5.74, 6) is 0.0640. The molecule has 202 valence electrons. The molecule has 1 saturated heterocycles. The van der Waals surface area contributed by atoms with Gasteiger partial charge in [0, 0.05) is 49.8 Å². The zero-order valence-corrected chi connectivity index (χ0v) is 22.5. The lowest BCUT2D eigenvalue weighted by Crippen LogP contribution is -2.39. The second-order valence-electron chi connectivity index (χ2n) is 8.86. The number of nitrogens with one attached hydrogen (secondary N) is 2. The molecule has 2 heterocycles. The molecule has 1 fully saturated rings. The molecule has 0 saturated carbocycles. The maximum absolute atomic E-state index is 14.2. The van der Waals surface area contributed by atoms with E-state index in [1.807, 2.05) is 0 Å². The number of nitrogens with two attached hydrogens (primary N) is 1. The Morgan fingerprint density at radius 2 is 1.92 bits per heavy atom. The molecule has 0 atom stereocenters. The number of halogens is 2. The van der Waals surface area contributed by atoms with Crippen molar-refractivity contribution < 1.29 is 23.5 Å². The Balaban J connectivity index is 1.21. The summed E-state index contributed by atoms with van der Waals surface area (Å²) >= 11 is 7.63. The van der Waals surface area contributed by atoms with Crippen molar-refractivity contribution in [3.05, 3.63) is 64.2 Å². The van der Waals surface area contributed by atoms with Crippen LogP contribution in [0.5, 0.6) is 5.75 Å². The highest BCUT2D eigenvalue weighted by atomic mass is 35.5. The van der Waals surface area contributed by atoms with Gasteiger partial charge in [-0.2, -0.15) is 0 Å². The number of ether oxygens (including phenoxy) is 2. The highest BCUT2D eigenvalue weighted by Crippen LogP contribution is 2.35. The highest BCUT2D eigenvalue weighted by molar-refractivity contribution is 7.14. The molecule has 0 aliphatic carbocycles. The van der Waals surface area contributed by atoms with Crippen LogP contribution in [-0.2, 0) is 16.1 Å². The number of likely N-dealkylation sites (tertiary alicyclic amines) is 1. The van der Waals surface area contributed by atoms with Gasteiger partial charge in [-0.1, -0.05) is 29.8 Å². The quantitative estimate of drug-likeness (QED) is 0.309. The van der Waals surface area contributed by atoms with Crippen LogP contribution in [-0.4, -0.2) is 49.7 Å². The van der Waals surface area contributed by atoms with Crippen LogP contribution in [0.1, 0.15) is 24.8 Å². The molecule has 0 unspecified atom stereocenters. The predicted molar refractivity (Wildman–Crippen MR) is 148 cm³/mol. The number of methoxy groups -OCH3 is 1. The second-order valence-corrected chi connectivity index (χ2v) is 10.2. The van der Waals surface area contributed by atoms with E-state index in [4.69, 9.17) is 26.8 Å². The first-order valence-corrected chi connectivity index (χ1v) is 13.5. The molecule has 4 rings (SSSR count). The lowest BCUT2D eigenvalue weighted by Gasteiger charge is -2.31. The molecule has 8 nitrogen and oxygen atoms in total. The lowest BCUT2D eigenvalue weighted by molar-refractivity contribution is -0.116. The number of amides is 2. The Labute approximate surface area is 229 Å². The molecule has 0 bridgehead atoms. The van der Waals surface area contributed by atoms with Crippen molar-refractivity contribution >= 4 is 46.3 Å². The second kappa shape index (κ2) is 13.1. The van der Waals surface area contributed by atoms with Crippen molar-refractivity contribution in [2.24, 2.45) is 5.73 Å². The number of anilines is 2. The van der Waals surface area contributed by atoms with Crippen LogP contribution < -0.4 is 21.1 Å². The van der Waals surface area contributed by atoms with Crippen LogP contribution in [0.15, 0.2) is 47.8 Å². The van der Waals surface area contributed by atoms with Gasteiger partial charge < -0.3 is 25.4 Å². The number of piperidine rings is 1. The zero-order valence-electron chi connectivity index (χ0n) is 21.0. The molecule has 1 aliphatic rings. The van der Waals surface area contributed by atoms with Crippen molar-refractivity contribution in [1.29, 1.82) is 0 Å². The Morgan fingerprint density at radius 3 is 2.63 bits per heavy atom. The third-order valence-corrected chi connectivity index (χ3v) is 7.61. The lowest BCUT2D eigenvalue weighted by atomic mass is 10.1. The molecule has 4 N–H and O–H groups in total. The van der Waals surface area contributed by atoms with Crippen molar-refractivity contribution in [3.63, 3.8) is 0 Å². The van der Waals surface area contributed by atoms with Crippen molar-refractivity contribution in [1.82, 2.24) is 4.90 Å². The van der Waals surface area contributed by atoms with Gasteiger partial charge in [0.05, 0.1) is 28.4 Å². The fourth-order valence-electron chi connectivity index (χ4n) is 4.32. The van der Waals surface area contributed by atoms with Crippen LogP contribution in [0.25, 0.3) is 10.4 Å². The third kappa shape index (κ3) is 7.02. The van der Waals surface area contributed by atoms with Gasteiger partial charge >= 0.3 is 6.09 Å². The SMILES string of the molecule is COc1cc(NC(=O)CCN2CCC(OC(=O)Nc3ccsc3-c3ccccc3F)CC2)c(Cl)cc1CN. The maximum Gasteiger partial charge on any atom is 0.411 e. The van der Waals surface area contributed by atoms with Gasteiger partial charge in [-0.05, 0) is 36.4 Å². The maximum atomic E-state index is 14.2. The van der Waals surface area contributed by atoms with E-state index < -0.39 is 6.09 Å². The summed E-state index contributed by atoms with van der Waals surface area (Å²) in [5, 5.41) is 7.78. The van der Waals surface area contributed by atoms with Gasteiger partial charge in [0.15, 0.2) is 0 Å².